The average molecular weight is 521 g/mol. The van der Waals surface area contributed by atoms with Crippen LogP contribution in [0.3, 0.4) is 0 Å². The Hall–Kier alpha value is -3.05. The van der Waals surface area contributed by atoms with E-state index in [1.165, 1.54) is 21.1 Å². The molecule has 2 aromatic carbocycles. The van der Waals surface area contributed by atoms with E-state index in [1.807, 2.05) is 12.1 Å². The molecule has 0 aliphatic carbocycles. The number of aliphatic hydroxyl groups is 3. The number of aliphatic carboxylic acids is 1. The highest BCUT2D eigenvalue weighted by Gasteiger charge is 2.55. The lowest BCUT2D eigenvalue weighted by atomic mass is 9.85. The second-order valence-corrected chi connectivity index (χ2v) is 9.77. The number of carboxylic acid groups (broad SMARTS) is 1. The van der Waals surface area contributed by atoms with E-state index in [9.17, 15) is 30.3 Å². The number of aromatic hydroxyl groups is 1. The van der Waals surface area contributed by atoms with E-state index < -0.39 is 36.2 Å². The van der Waals surface area contributed by atoms with E-state index in [4.69, 9.17) is 18.9 Å². The second-order valence-electron chi connectivity index (χ2n) is 9.77. The van der Waals surface area contributed by atoms with Gasteiger partial charge in [0.1, 0.15) is 18.3 Å². The van der Waals surface area contributed by atoms with Gasteiger partial charge in [0.2, 0.25) is 5.79 Å². The molecule has 0 radical (unpaired) electrons. The van der Waals surface area contributed by atoms with Gasteiger partial charge in [0.25, 0.3) is 0 Å². The van der Waals surface area contributed by atoms with Gasteiger partial charge >= 0.3 is 5.97 Å². The number of aliphatic hydroxyl groups excluding tert-OH is 3. The molecular weight excluding hydrogens is 484 g/mol. The Balaban J connectivity index is 1.72. The first-order valence-corrected chi connectivity index (χ1v) is 12.1. The zero-order valence-electron chi connectivity index (χ0n) is 21.6. The topological polar surface area (TPSA) is 155 Å². The van der Waals surface area contributed by atoms with E-state index in [2.05, 4.69) is 13.8 Å². The van der Waals surface area contributed by atoms with Crippen molar-refractivity contribution in [2.75, 3.05) is 14.2 Å². The number of methoxy groups -OCH3 is 2. The van der Waals surface area contributed by atoms with Crippen LogP contribution in [-0.2, 0) is 22.4 Å². The van der Waals surface area contributed by atoms with E-state index in [0.29, 0.717) is 17.4 Å². The molecule has 7 atom stereocenters. The average Bonchev–Trinajstić information content (AvgIpc) is 2.86. The van der Waals surface area contributed by atoms with Crippen LogP contribution in [0.5, 0.6) is 23.0 Å². The monoisotopic (exact) mass is 520 g/mol. The number of hydrogen-bond donors (Lipinski definition) is 5. The number of rotatable bonds is 10. The molecule has 10 heteroatoms. The molecule has 3 rings (SSSR count). The van der Waals surface area contributed by atoms with Crippen molar-refractivity contribution in [3.63, 3.8) is 0 Å². The predicted molar refractivity (Wildman–Crippen MR) is 133 cm³/mol. The number of benzene rings is 2. The molecule has 0 spiro atoms. The molecule has 0 bridgehead atoms. The number of phenols is 1. The Morgan fingerprint density at radius 1 is 0.919 bits per heavy atom. The number of hydrogen-bond acceptors (Lipinski definition) is 9. The summed E-state index contributed by atoms with van der Waals surface area (Å²) in [6.07, 6.45) is -5.63. The molecule has 2 aromatic rings. The van der Waals surface area contributed by atoms with Crippen molar-refractivity contribution >= 4 is 5.97 Å². The van der Waals surface area contributed by atoms with Gasteiger partial charge in [-0.1, -0.05) is 26.0 Å². The van der Waals surface area contributed by atoms with Crippen molar-refractivity contribution in [1.29, 1.82) is 0 Å². The van der Waals surface area contributed by atoms with Gasteiger partial charge in [-0.2, -0.15) is 0 Å². The third-order valence-corrected chi connectivity index (χ3v) is 7.00. The summed E-state index contributed by atoms with van der Waals surface area (Å²) >= 11 is 0. The number of carboxylic acids is 1. The van der Waals surface area contributed by atoms with Crippen LogP contribution in [0.15, 0.2) is 36.4 Å². The van der Waals surface area contributed by atoms with E-state index in [-0.39, 0.29) is 17.4 Å². The highest BCUT2D eigenvalue weighted by atomic mass is 16.7. The lowest BCUT2D eigenvalue weighted by Crippen LogP contribution is -2.67. The zero-order valence-corrected chi connectivity index (χ0v) is 21.6. The molecule has 5 N–H and O–H groups in total. The van der Waals surface area contributed by atoms with Crippen LogP contribution in [0.4, 0.5) is 0 Å². The van der Waals surface area contributed by atoms with Gasteiger partial charge in [0, 0.05) is 6.92 Å². The highest BCUT2D eigenvalue weighted by Crippen LogP contribution is 2.38. The van der Waals surface area contributed by atoms with Crippen molar-refractivity contribution in [3.05, 3.63) is 47.5 Å². The van der Waals surface area contributed by atoms with Crippen molar-refractivity contribution in [2.24, 2.45) is 11.8 Å². The third-order valence-electron chi connectivity index (χ3n) is 7.00. The molecule has 1 aliphatic heterocycles. The fraction of sp³-hybridized carbons (Fsp3) is 0.519. The molecule has 10 nitrogen and oxygen atoms in total. The van der Waals surface area contributed by atoms with Gasteiger partial charge in [-0.3, -0.25) is 0 Å². The molecule has 0 aromatic heterocycles. The summed E-state index contributed by atoms with van der Waals surface area (Å²) in [4.78, 5) is 11.5. The maximum atomic E-state index is 11.5. The minimum atomic E-state index is -1.96. The van der Waals surface area contributed by atoms with Gasteiger partial charge in [-0.25, -0.2) is 4.79 Å². The van der Waals surface area contributed by atoms with Crippen molar-refractivity contribution in [2.45, 2.75) is 63.8 Å². The molecule has 1 saturated heterocycles. The summed E-state index contributed by atoms with van der Waals surface area (Å²) in [5.74, 6) is -1.83. The zero-order chi connectivity index (χ0) is 27.5. The van der Waals surface area contributed by atoms with Crippen LogP contribution in [-0.4, -0.2) is 75.9 Å². The van der Waals surface area contributed by atoms with Crippen LogP contribution < -0.4 is 14.2 Å². The minimum Gasteiger partial charge on any atom is -0.504 e. The smallest absolute Gasteiger partial charge is 0.335 e. The molecular formula is C27H36O10. The van der Waals surface area contributed by atoms with E-state index in [0.717, 1.165) is 24.0 Å². The standard InChI is InChI=1S/C27H36O10/c1-14(10-16-6-8-19(34-4)18(28)12-16)15(2)11-17-7-9-20(21(13-17)35-5)36-27(3)25(31)23(30)22(29)24(37-27)26(32)33/h6-9,12-15,22-25,28-31H,10-11H2,1-5H3,(H,32,33)/t14?,15?,22-,23-,24-,25+,27+/m0/s1. The SMILES string of the molecule is COc1ccc(CC(C)C(C)Cc2ccc(O[C@]3(C)O[C@H](C(=O)O)[C@@H](O)[C@H](O)[C@H]3O)c(OC)c2)cc1O. The largest absolute Gasteiger partial charge is 0.504 e. The maximum Gasteiger partial charge on any atom is 0.335 e. The summed E-state index contributed by atoms with van der Waals surface area (Å²) in [6, 6.07) is 10.6. The van der Waals surface area contributed by atoms with Gasteiger partial charge in [-0.05, 0) is 60.1 Å². The normalized spacial score (nSPS) is 27.2. The Kier molecular flexibility index (Phi) is 8.91. The van der Waals surface area contributed by atoms with Crippen molar-refractivity contribution < 1.29 is 49.3 Å². The molecule has 37 heavy (non-hydrogen) atoms. The molecule has 0 saturated carbocycles. The van der Waals surface area contributed by atoms with Crippen LogP contribution >= 0.6 is 0 Å². The second kappa shape index (κ2) is 11.6. The minimum absolute atomic E-state index is 0.109. The molecule has 2 unspecified atom stereocenters. The summed E-state index contributed by atoms with van der Waals surface area (Å²) in [7, 11) is 2.96. The first-order valence-electron chi connectivity index (χ1n) is 12.1. The van der Waals surface area contributed by atoms with Crippen molar-refractivity contribution in [1.82, 2.24) is 0 Å². The predicted octanol–water partition coefficient (Wildman–Crippen LogP) is 2.13. The Morgan fingerprint density at radius 2 is 1.46 bits per heavy atom. The summed E-state index contributed by atoms with van der Waals surface area (Å²) < 4.78 is 21.8. The Bertz CT molecular complexity index is 1090. The van der Waals surface area contributed by atoms with Crippen LogP contribution in [0.2, 0.25) is 0 Å². The number of phenolic OH excluding ortho intramolecular Hbond substituents is 1. The van der Waals surface area contributed by atoms with Crippen LogP contribution in [0.25, 0.3) is 0 Å². The quantitative estimate of drug-likeness (QED) is 0.315. The first kappa shape index (κ1) is 28.5. The third kappa shape index (κ3) is 6.27. The molecule has 1 heterocycles. The van der Waals surface area contributed by atoms with Gasteiger partial charge in [0.15, 0.2) is 29.1 Å². The van der Waals surface area contributed by atoms with E-state index in [1.54, 1.807) is 24.3 Å². The summed E-state index contributed by atoms with van der Waals surface area (Å²) in [5.41, 5.74) is 1.97. The maximum absolute atomic E-state index is 11.5. The molecule has 1 fully saturated rings. The van der Waals surface area contributed by atoms with Gasteiger partial charge in [0.05, 0.1) is 14.2 Å². The van der Waals surface area contributed by atoms with Crippen LogP contribution in [0, 0.1) is 11.8 Å². The lowest BCUT2D eigenvalue weighted by Gasteiger charge is -2.45. The Labute approximate surface area is 216 Å². The number of ether oxygens (including phenoxy) is 4. The highest BCUT2D eigenvalue weighted by molar-refractivity contribution is 5.73. The van der Waals surface area contributed by atoms with Crippen LogP contribution in [0.1, 0.15) is 31.9 Å². The Morgan fingerprint density at radius 3 is 1.97 bits per heavy atom. The molecule has 1 aliphatic rings. The molecule has 0 amide bonds. The van der Waals surface area contributed by atoms with Crippen molar-refractivity contribution in [3.8, 4) is 23.0 Å². The lowest BCUT2D eigenvalue weighted by molar-refractivity contribution is -0.322. The fourth-order valence-electron chi connectivity index (χ4n) is 4.50. The fourth-order valence-corrected chi connectivity index (χ4v) is 4.50. The van der Waals surface area contributed by atoms with Gasteiger partial charge in [-0.15, -0.1) is 0 Å². The van der Waals surface area contributed by atoms with E-state index >= 15 is 0 Å². The van der Waals surface area contributed by atoms with Gasteiger partial charge < -0.3 is 44.5 Å². The molecule has 204 valence electrons. The number of carbonyl (C=O) groups is 1. The summed E-state index contributed by atoms with van der Waals surface area (Å²) in [5, 5.41) is 50.0. The summed E-state index contributed by atoms with van der Waals surface area (Å²) in [6.45, 7) is 5.57. The first-order chi connectivity index (χ1) is 17.4.